The molecule has 0 saturated carbocycles. The van der Waals surface area contributed by atoms with Crippen LogP contribution < -0.4 is 5.32 Å². The van der Waals surface area contributed by atoms with Crippen LogP contribution in [0.5, 0.6) is 0 Å². The molecule has 0 aliphatic carbocycles. The summed E-state index contributed by atoms with van der Waals surface area (Å²) in [6, 6.07) is 8.23. The molecule has 110 valence electrons. The number of piperazine rings is 1. The lowest BCUT2D eigenvalue weighted by Crippen LogP contribution is -2.53. The smallest absolute Gasteiger partial charge is 0.338 e. The third-order valence-electron chi connectivity index (χ3n) is 3.96. The van der Waals surface area contributed by atoms with E-state index >= 15 is 0 Å². The quantitative estimate of drug-likeness (QED) is 0.853. The molecule has 1 heterocycles. The highest BCUT2D eigenvalue weighted by Gasteiger charge is 2.26. The number of ether oxygens (including phenoxy) is 1. The number of hydrogen-bond acceptors (Lipinski definition) is 4. The van der Waals surface area contributed by atoms with Crippen molar-refractivity contribution in [1.29, 1.82) is 0 Å². The van der Waals surface area contributed by atoms with Crippen LogP contribution in [0.3, 0.4) is 0 Å². The second-order valence-electron chi connectivity index (χ2n) is 5.63. The minimum absolute atomic E-state index is 0.253. The predicted octanol–water partition coefficient (Wildman–Crippen LogP) is 1.90. The van der Waals surface area contributed by atoms with Crippen LogP contribution in [-0.4, -0.2) is 43.7 Å². The molecule has 0 amide bonds. The normalized spacial score (nSPS) is 20.1. The molecule has 1 N–H and O–H groups in total. The standard InChI is InChI=1S/C16H24N2O2/c1-12(2)15-10-17-8-9-18(15)11-13-6-4-5-7-14(13)16(19)20-3/h4-7,12,15,17H,8-11H2,1-3H3. The Morgan fingerprint density at radius 2 is 2.20 bits per heavy atom. The molecule has 1 aromatic rings. The fraction of sp³-hybridized carbons (Fsp3) is 0.562. The molecule has 0 radical (unpaired) electrons. The molecule has 1 atom stereocenters. The van der Waals surface area contributed by atoms with E-state index < -0.39 is 0 Å². The number of nitrogens with one attached hydrogen (secondary N) is 1. The second-order valence-corrected chi connectivity index (χ2v) is 5.63. The molecule has 4 nitrogen and oxygen atoms in total. The largest absolute Gasteiger partial charge is 0.465 e. The highest BCUT2D eigenvalue weighted by Crippen LogP contribution is 2.19. The molecule has 1 unspecified atom stereocenters. The molecule has 2 rings (SSSR count). The fourth-order valence-electron chi connectivity index (χ4n) is 2.81. The average Bonchev–Trinajstić information content (AvgIpc) is 2.47. The lowest BCUT2D eigenvalue weighted by Gasteiger charge is -2.38. The van der Waals surface area contributed by atoms with Crippen LogP contribution in [0.1, 0.15) is 29.8 Å². The van der Waals surface area contributed by atoms with Gasteiger partial charge in [0.1, 0.15) is 0 Å². The predicted molar refractivity (Wildman–Crippen MR) is 79.7 cm³/mol. The molecule has 1 aromatic carbocycles. The van der Waals surface area contributed by atoms with Crippen LogP contribution in [0.4, 0.5) is 0 Å². The first-order valence-corrected chi connectivity index (χ1v) is 7.24. The van der Waals surface area contributed by atoms with Crippen LogP contribution in [0.15, 0.2) is 24.3 Å². The van der Waals surface area contributed by atoms with E-state index in [9.17, 15) is 4.79 Å². The zero-order valence-electron chi connectivity index (χ0n) is 12.6. The van der Waals surface area contributed by atoms with Gasteiger partial charge in [0.25, 0.3) is 0 Å². The summed E-state index contributed by atoms with van der Waals surface area (Å²) in [5.74, 6) is 0.338. The number of hydrogen-bond donors (Lipinski definition) is 1. The lowest BCUT2D eigenvalue weighted by atomic mass is 9.98. The minimum Gasteiger partial charge on any atom is -0.465 e. The van der Waals surface area contributed by atoms with E-state index in [0.29, 0.717) is 17.5 Å². The Morgan fingerprint density at radius 1 is 1.45 bits per heavy atom. The summed E-state index contributed by atoms with van der Waals surface area (Å²) in [4.78, 5) is 14.3. The van der Waals surface area contributed by atoms with E-state index in [1.54, 1.807) is 0 Å². The van der Waals surface area contributed by atoms with Crippen LogP contribution >= 0.6 is 0 Å². The number of carbonyl (C=O) groups excluding carboxylic acids is 1. The monoisotopic (exact) mass is 276 g/mol. The Labute approximate surface area is 121 Å². The van der Waals surface area contributed by atoms with Gasteiger partial charge in [-0.3, -0.25) is 4.90 Å². The molecule has 1 fully saturated rings. The van der Waals surface area contributed by atoms with Crippen molar-refractivity contribution in [3.8, 4) is 0 Å². The zero-order chi connectivity index (χ0) is 14.5. The molecule has 1 aliphatic heterocycles. The van der Waals surface area contributed by atoms with Crippen molar-refractivity contribution in [1.82, 2.24) is 10.2 Å². The number of carbonyl (C=O) groups is 1. The van der Waals surface area contributed by atoms with E-state index in [-0.39, 0.29) is 5.97 Å². The summed E-state index contributed by atoms with van der Waals surface area (Å²) in [5, 5.41) is 3.45. The van der Waals surface area contributed by atoms with Gasteiger partial charge >= 0.3 is 5.97 Å². The Hall–Kier alpha value is -1.39. The van der Waals surface area contributed by atoms with Gasteiger partial charge in [-0.05, 0) is 17.5 Å². The van der Waals surface area contributed by atoms with Crippen molar-refractivity contribution in [2.24, 2.45) is 5.92 Å². The first kappa shape index (κ1) is 15.0. The maximum atomic E-state index is 11.8. The molecular weight excluding hydrogens is 252 g/mol. The Bertz CT molecular complexity index is 460. The molecule has 0 bridgehead atoms. The molecule has 1 aliphatic rings. The van der Waals surface area contributed by atoms with Gasteiger partial charge < -0.3 is 10.1 Å². The topological polar surface area (TPSA) is 41.6 Å². The van der Waals surface area contributed by atoms with Crippen molar-refractivity contribution in [2.75, 3.05) is 26.7 Å². The maximum Gasteiger partial charge on any atom is 0.338 e. The van der Waals surface area contributed by atoms with Crippen LogP contribution in [0.25, 0.3) is 0 Å². The summed E-state index contributed by atoms with van der Waals surface area (Å²) in [6.07, 6.45) is 0. The molecule has 0 aromatic heterocycles. The van der Waals surface area contributed by atoms with E-state index in [1.807, 2.05) is 24.3 Å². The van der Waals surface area contributed by atoms with Crippen molar-refractivity contribution in [3.63, 3.8) is 0 Å². The number of esters is 1. The van der Waals surface area contributed by atoms with Gasteiger partial charge in [0, 0.05) is 32.2 Å². The lowest BCUT2D eigenvalue weighted by molar-refractivity contribution is 0.0595. The van der Waals surface area contributed by atoms with Gasteiger partial charge in [0.15, 0.2) is 0 Å². The summed E-state index contributed by atoms with van der Waals surface area (Å²) in [5.41, 5.74) is 1.72. The molecule has 4 heteroatoms. The summed E-state index contributed by atoms with van der Waals surface area (Å²) >= 11 is 0. The first-order chi connectivity index (χ1) is 9.63. The molecular formula is C16H24N2O2. The summed E-state index contributed by atoms with van der Waals surface area (Å²) < 4.78 is 4.87. The van der Waals surface area contributed by atoms with E-state index in [2.05, 4.69) is 24.1 Å². The van der Waals surface area contributed by atoms with Crippen molar-refractivity contribution >= 4 is 5.97 Å². The van der Waals surface area contributed by atoms with E-state index in [0.717, 1.165) is 31.7 Å². The first-order valence-electron chi connectivity index (χ1n) is 7.24. The molecule has 20 heavy (non-hydrogen) atoms. The molecule has 1 saturated heterocycles. The van der Waals surface area contributed by atoms with Gasteiger partial charge in [-0.15, -0.1) is 0 Å². The number of benzene rings is 1. The average molecular weight is 276 g/mol. The molecule has 0 spiro atoms. The number of rotatable bonds is 4. The number of nitrogens with zero attached hydrogens (tertiary/aromatic N) is 1. The van der Waals surface area contributed by atoms with Crippen molar-refractivity contribution in [3.05, 3.63) is 35.4 Å². The second kappa shape index (κ2) is 6.86. The SMILES string of the molecule is COC(=O)c1ccccc1CN1CCNCC1C(C)C. The highest BCUT2D eigenvalue weighted by molar-refractivity contribution is 5.90. The third-order valence-corrected chi connectivity index (χ3v) is 3.96. The highest BCUT2D eigenvalue weighted by atomic mass is 16.5. The van der Waals surface area contributed by atoms with E-state index in [4.69, 9.17) is 4.74 Å². The van der Waals surface area contributed by atoms with Crippen LogP contribution in [0.2, 0.25) is 0 Å². The van der Waals surface area contributed by atoms with Gasteiger partial charge in [-0.25, -0.2) is 4.79 Å². The van der Waals surface area contributed by atoms with Crippen LogP contribution in [-0.2, 0) is 11.3 Å². The van der Waals surface area contributed by atoms with Gasteiger partial charge in [-0.1, -0.05) is 32.0 Å². The van der Waals surface area contributed by atoms with Crippen LogP contribution in [0, 0.1) is 5.92 Å². The summed E-state index contributed by atoms with van der Waals surface area (Å²) in [7, 11) is 1.43. The van der Waals surface area contributed by atoms with Gasteiger partial charge in [0.05, 0.1) is 12.7 Å². The van der Waals surface area contributed by atoms with Crippen molar-refractivity contribution in [2.45, 2.75) is 26.4 Å². The summed E-state index contributed by atoms with van der Waals surface area (Å²) in [6.45, 7) is 8.32. The van der Waals surface area contributed by atoms with E-state index in [1.165, 1.54) is 7.11 Å². The minimum atomic E-state index is -0.253. The Morgan fingerprint density at radius 3 is 2.90 bits per heavy atom. The fourth-order valence-corrected chi connectivity index (χ4v) is 2.81. The maximum absolute atomic E-state index is 11.8. The van der Waals surface area contributed by atoms with Gasteiger partial charge in [-0.2, -0.15) is 0 Å². The van der Waals surface area contributed by atoms with Crippen molar-refractivity contribution < 1.29 is 9.53 Å². The Balaban J connectivity index is 2.18. The zero-order valence-corrected chi connectivity index (χ0v) is 12.6. The number of methoxy groups -OCH3 is 1. The van der Waals surface area contributed by atoms with Gasteiger partial charge in [0.2, 0.25) is 0 Å². The Kier molecular flexibility index (Phi) is 5.15. The third kappa shape index (κ3) is 3.38.